The first-order valence-corrected chi connectivity index (χ1v) is 21.4. The highest BCUT2D eigenvalue weighted by molar-refractivity contribution is 5.80. The zero-order valence-corrected chi connectivity index (χ0v) is 36.0. The molecule has 0 heterocycles. The van der Waals surface area contributed by atoms with E-state index in [0.717, 1.165) is 25.7 Å². The quantitative estimate of drug-likeness (QED) is 0.115. The van der Waals surface area contributed by atoms with Gasteiger partial charge in [-0.15, -0.1) is 0 Å². The standard InChI is InChI=1S/C58H56N2/c1-41-7-29-53(30-8-41)59(57-37-11-43(3)39-45(57)5)55-33-21-49(22-34-55)15-13-47-17-25-51(26-18-47)52-27-19-48(20-28-52)14-16-50-23-35-56(36-24-50)60(54-31-9-42(2)10-32-54)58-38-12-44(4)40-46(58)6/h7-12,17-40H,13-16H2,1-6H3. The highest BCUT2D eigenvalue weighted by Crippen LogP contribution is 2.39. The first-order chi connectivity index (χ1) is 29.2. The molecule has 0 fully saturated rings. The second-order valence-electron chi connectivity index (χ2n) is 16.6. The van der Waals surface area contributed by atoms with E-state index in [1.807, 2.05) is 0 Å². The van der Waals surface area contributed by atoms with Crippen molar-refractivity contribution in [3.63, 3.8) is 0 Å². The number of hydrogen-bond donors (Lipinski definition) is 0. The summed E-state index contributed by atoms with van der Waals surface area (Å²) in [5.41, 5.74) is 22.7. The third-order valence-corrected chi connectivity index (χ3v) is 11.8. The fourth-order valence-corrected chi connectivity index (χ4v) is 8.28. The zero-order valence-electron chi connectivity index (χ0n) is 36.0. The topological polar surface area (TPSA) is 6.48 Å². The number of rotatable bonds is 13. The molecule has 0 spiro atoms. The van der Waals surface area contributed by atoms with E-state index >= 15 is 0 Å². The summed E-state index contributed by atoms with van der Waals surface area (Å²) < 4.78 is 0. The van der Waals surface area contributed by atoms with Crippen LogP contribution in [0.15, 0.2) is 182 Å². The number of aryl methyl sites for hydroxylation is 10. The van der Waals surface area contributed by atoms with Crippen LogP contribution in [0.3, 0.4) is 0 Å². The van der Waals surface area contributed by atoms with Gasteiger partial charge < -0.3 is 9.80 Å². The van der Waals surface area contributed by atoms with Crippen molar-refractivity contribution in [2.45, 2.75) is 67.2 Å². The summed E-state index contributed by atoms with van der Waals surface area (Å²) >= 11 is 0. The van der Waals surface area contributed by atoms with Crippen LogP contribution in [0.25, 0.3) is 11.1 Å². The van der Waals surface area contributed by atoms with Crippen molar-refractivity contribution in [3.05, 3.63) is 238 Å². The summed E-state index contributed by atoms with van der Waals surface area (Å²) in [6, 6.07) is 67.6. The Bertz CT molecular complexity index is 2460. The molecular formula is C58H56N2. The molecule has 60 heavy (non-hydrogen) atoms. The van der Waals surface area contributed by atoms with Crippen LogP contribution in [0.5, 0.6) is 0 Å². The van der Waals surface area contributed by atoms with Crippen LogP contribution in [0.1, 0.15) is 55.6 Å². The molecule has 0 bridgehead atoms. The molecule has 0 unspecified atom stereocenters. The van der Waals surface area contributed by atoms with Gasteiger partial charge in [-0.05, 0) is 172 Å². The Labute approximate surface area is 358 Å². The van der Waals surface area contributed by atoms with Crippen molar-refractivity contribution in [1.82, 2.24) is 0 Å². The van der Waals surface area contributed by atoms with Crippen LogP contribution >= 0.6 is 0 Å². The third kappa shape index (κ3) is 9.46. The van der Waals surface area contributed by atoms with E-state index in [9.17, 15) is 0 Å². The molecule has 0 radical (unpaired) electrons. The van der Waals surface area contributed by atoms with Crippen LogP contribution in [0.4, 0.5) is 34.1 Å². The van der Waals surface area contributed by atoms with E-state index in [4.69, 9.17) is 0 Å². The minimum Gasteiger partial charge on any atom is -0.310 e. The average molecular weight is 781 g/mol. The van der Waals surface area contributed by atoms with E-state index in [2.05, 4.69) is 233 Å². The van der Waals surface area contributed by atoms with Crippen LogP contribution in [0, 0.1) is 41.5 Å². The van der Waals surface area contributed by atoms with Crippen molar-refractivity contribution in [3.8, 4) is 11.1 Å². The predicted molar refractivity (Wildman–Crippen MR) is 257 cm³/mol. The van der Waals surface area contributed by atoms with Gasteiger partial charge in [-0.3, -0.25) is 0 Å². The van der Waals surface area contributed by atoms with Crippen molar-refractivity contribution < 1.29 is 0 Å². The number of benzene rings is 8. The number of anilines is 6. The lowest BCUT2D eigenvalue weighted by Crippen LogP contribution is -2.11. The molecule has 2 nitrogen and oxygen atoms in total. The monoisotopic (exact) mass is 780 g/mol. The molecule has 0 aliphatic carbocycles. The van der Waals surface area contributed by atoms with E-state index in [-0.39, 0.29) is 0 Å². The largest absolute Gasteiger partial charge is 0.310 e. The van der Waals surface area contributed by atoms with E-state index < -0.39 is 0 Å². The lowest BCUT2D eigenvalue weighted by atomic mass is 9.98. The van der Waals surface area contributed by atoms with E-state index in [1.54, 1.807) is 0 Å². The molecule has 0 N–H and O–H groups in total. The Morgan fingerprint density at radius 3 is 0.800 bits per heavy atom. The predicted octanol–water partition coefficient (Wildman–Crippen LogP) is 15.7. The molecule has 2 heteroatoms. The van der Waals surface area contributed by atoms with Gasteiger partial charge in [0.05, 0.1) is 0 Å². The average Bonchev–Trinajstić information content (AvgIpc) is 3.26. The van der Waals surface area contributed by atoms with Gasteiger partial charge in [-0.1, -0.05) is 144 Å². The Morgan fingerprint density at radius 2 is 0.517 bits per heavy atom. The molecule has 0 aromatic heterocycles. The molecule has 0 aliphatic heterocycles. The van der Waals surface area contributed by atoms with Crippen molar-refractivity contribution >= 4 is 34.1 Å². The molecule has 0 aliphatic rings. The maximum absolute atomic E-state index is 2.37. The molecule has 0 amide bonds. The van der Waals surface area contributed by atoms with Crippen LogP contribution in [0.2, 0.25) is 0 Å². The highest BCUT2D eigenvalue weighted by Gasteiger charge is 2.16. The lowest BCUT2D eigenvalue weighted by molar-refractivity contribution is 0.959. The van der Waals surface area contributed by atoms with Crippen molar-refractivity contribution in [2.24, 2.45) is 0 Å². The normalized spacial score (nSPS) is 11.1. The van der Waals surface area contributed by atoms with Gasteiger partial charge >= 0.3 is 0 Å². The maximum Gasteiger partial charge on any atom is 0.0490 e. The van der Waals surface area contributed by atoms with Gasteiger partial charge in [-0.25, -0.2) is 0 Å². The summed E-state index contributed by atoms with van der Waals surface area (Å²) in [4.78, 5) is 4.74. The summed E-state index contributed by atoms with van der Waals surface area (Å²) in [6.07, 6.45) is 4.02. The van der Waals surface area contributed by atoms with Gasteiger partial charge in [0.25, 0.3) is 0 Å². The molecule has 0 saturated carbocycles. The first-order valence-electron chi connectivity index (χ1n) is 21.4. The molecular weight excluding hydrogens is 725 g/mol. The molecule has 8 rings (SSSR count). The van der Waals surface area contributed by atoms with Gasteiger partial charge in [-0.2, -0.15) is 0 Å². The summed E-state index contributed by atoms with van der Waals surface area (Å²) in [5.74, 6) is 0. The second kappa shape index (κ2) is 18.1. The van der Waals surface area contributed by atoms with Gasteiger partial charge in [0.15, 0.2) is 0 Å². The molecule has 0 atom stereocenters. The Balaban J connectivity index is 0.874. The molecule has 298 valence electrons. The van der Waals surface area contributed by atoms with Gasteiger partial charge in [0, 0.05) is 34.1 Å². The van der Waals surface area contributed by atoms with Crippen molar-refractivity contribution in [1.29, 1.82) is 0 Å². The van der Waals surface area contributed by atoms with Crippen LogP contribution in [-0.4, -0.2) is 0 Å². The van der Waals surface area contributed by atoms with E-state index in [1.165, 1.54) is 101 Å². The minimum atomic E-state index is 1.00. The van der Waals surface area contributed by atoms with E-state index in [0.29, 0.717) is 0 Å². The van der Waals surface area contributed by atoms with Gasteiger partial charge in [0.2, 0.25) is 0 Å². The van der Waals surface area contributed by atoms with Crippen molar-refractivity contribution in [2.75, 3.05) is 9.80 Å². The molecule has 8 aromatic rings. The summed E-state index contributed by atoms with van der Waals surface area (Å²) in [5, 5.41) is 0. The van der Waals surface area contributed by atoms with Crippen LogP contribution in [-0.2, 0) is 25.7 Å². The lowest BCUT2D eigenvalue weighted by Gasteiger charge is -2.27. The SMILES string of the molecule is Cc1ccc(N(c2ccc(CCc3ccc(-c4ccc(CCc5ccc(N(c6ccc(C)cc6)c6ccc(C)cc6C)cc5)cc4)cc3)cc2)c2ccc(C)cc2C)cc1. The Morgan fingerprint density at radius 1 is 0.267 bits per heavy atom. The van der Waals surface area contributed by atoms with Gasteiger partial charge in [0.1, 0.15) is 0 Å². The fraction of sp³-hybridized carbons (Fsp3) is 0.172. The first kappa shape index (κ1) is 40.2. The highest BCUT2D eigenvalue weighted by atomic mass is 15.1. The number of hydrogen-bond acceptors (Lipinski definition) is 2. The Kier molecular flexibility index (Phi) is 12.1. The summed E-state index contributed by atoms with van der Waals surface area (Å²) in [7, 11) is 0. The Hall–Kier alpha value is -6.64. The minimum absolute atomic E-state index is 1.00. The fourth-order valence-electron chi connectivity index (χ4n) is 8.28. The number of nitrogens with zero attached hydrogens (tertiary/aromatic N) is 2. The maximum atomic E-state index is 2.37. The second-order valence-corrected chi connectivity index (χ2v) is 16.6. The zero-order chi connectivity index (χ0) is 41.6. The smallest absolute Gasteiger partial charge is 0.0490 e. The molecule has 0 saturated heterocycles. The van der Waals surface area contributed by atoms with Crippen LogP contribution < -0.4 is 9.80 Å². The summed E-state index contributed by atoms with van der Waals surface area (Å²) in [6.45, 7) is 13.0. The molecule has 8 aromatic carbocycles. The third-order valence-electron chi connectivity index (χ3n) is 11.8.